The van der Waals surface area contributed by atoms with Crippen LogP contribution >= 0.6 is 11.6 Å². The molecule has 1 unspecified atom stereocenters. The van der Waals surface area contributed by atoms with Crippen LogP contribution in [-0.4, -0.2) is 25.7 Å². The van der Waals surface area contributed by atoms with Gasteiger partial charge in [0.2, 0.25) is 0 Å². The summed E-state index contributed by atoms with van der Waals surface area (Å²) in [6.45, 7) is 6.04. The van der Waals surface area contributed by atoms with Gasteiger partial charge in [-0.1, -0.05) is 24.6 Å². The minimum atomic E-state index is 0.466. The largest absolute Gasteiger partial charge is 0.290 e. The molecule has 0 bridgehead atoms. The fourth-order valence-electron chi connectivity index (χ4n) is 2.16. The van der Waals surface area contributed by atoms with Crippen LogP contribution in [0.3, 0.4) is 0 Å². The third-order valence-electron chi connectivity index (χ3n) is 3.53. The van der Waals surface area contributed by atoms with Gasteiger partial charge in [-0.3, -0.25) is 14.6 Å². The molecule has 20 heavy (non-hydrogen) atoms. The number of rotatable bonds is 6. The Morgan fingerprint density at radius 2 is 2.20 bits per heavy atom. The van der Waals surface area contributed by atoms with E-state index in [9.17, 15) is 0 Å². The fraction of sp³-hybridized carbons (Fsp3) is 0.467. The molecule has 0 aromatic carbocycles. The van der Waals surface area contributed by atoms with Crippen molar-refractivity contribution >= 4 is 11.6 Å². The quantitative estimate of drug-likeness (QED) is 0.819. The number of aromatic nitrogens is 3. The highest BCUT2D eigenvalue weighted by Crippen LogP contribution is 2.19. The Morgan fingerprint density at radius 1 is 1.40 bits per heavy atom. The average Bonchev–Trinajstić information content (AvgIpc) is 2.76. The van der Waals surface area contributed by atoms with E-state index in [2.05, 4.69) is 34.9 Å². The second kappa shape index (κ2) is 6.86. The summed E-state index contributed by atoms with van der Waals surface area (Å²) in [6.07, 6.45) is 6.64. The zero-order chi connectivity index (χ0) is 14.5. The zero-order valence-corrected chi connectivity index (χ0v) is 13.0. The van der Waals surface area contributed by atoms with Crippen LogP contribution < -0.4 is 0 Å². The maximum atomic E-state index is 6.22. The van der Waals surface area contributed by atoms with Gasteiger partial charge in [0.25, 0.3) is 0 Å². The molecule has 0 fully saturated rings. The molecule has 2 rings (SSSR count). The number of nitrogens with zero attached hydrogens (tertiary/aromatic N) is 4. The Bertz CT molecular complexity index is 538. The zero-order valence-electron chi connectivity index (χ0n) is 12.3. The van der Waals surface area contributed by atoms with Gasteiger partial charge in [0.15, 0.2) is 0 Å². The Morgan fingerprint density at radius 3 is 2.75 bits per heavy atom. The highest BCUT2D eigenvalue weighted by molar-refractivity contribution is 6.31. The minimum absolute atomic E-state index is 0.466. The molecule has 0 aliphatic carbocycles. The maximum absolute atomic E-state index is 6.22. The van der Waals surface area contributed by atoms with Crippen molar-refractivity contribution in [2.75, 3.05) is 0 Å². The maximum Gasteiger partial charge on any atom is 0.0950 e. The first-order valence-electron chi connectivity index (χ1n) is 6.91. The van der Waals surface area contributed by atoms with Crippen molar-refractivity contribution in [2.24, 2.45) is 7.05 Å². The van der Waals surface area contributed by atoms with Gasteiger partial charge in [0.1, 0.15) is 0 Å². The number of pyridine rings is 1. The number of halogens is 1. The lowest BCUT2D eigenvalue weighted by Crippen LogP contribution is -2.32. The predicted molar refractivity (Wildman–Crippen MR) is 81.5 cm³/mol. The van der Waals surface area contributed by atoms with E-state index in [1.165, 1.54) is 5.56 Å². The van der Waals surface area contributed by atoms with Crippen LogP contribution in [0.1, 0.15) is 31.5 Å². The molecule has 2 aromatic rings. The lowest BCUT2D eigenvalue weighted by molar-refractivity contribution is 0.183. The van der Waals surface area contributed by atoms with Gasteiger partial charge in [-0.25, -0.2) is 0 Å². The van der Waals surface area contributed by atoms with Crippen LogP contribution in [0.2, 0.25) is 5.02 Å². The first-order chi connectivity index (χ1) is 9.60. The summed E-state index contributed by atoms with van der Waals surface area (Å²) in [6, 6.07) is 4.54. The van der Waals surface area contributed by atoms with E-state index in [0.717, 1.165) is 30.2 Å². The van der Waals surface area contributed by atoms with E-state index >= 15 is 0 Å². The van der Waals surface area contributed by atoms with E-state index in [4.69, 9.17) is 11.6 Å². The Hall–Kier alpha value is -1.39. The molecule has 0 aliphatic heterocycles. The summed E-state index contributed by atoms with van der Waals surface area (Å²) < 4.78 is 1.76. The highest BCUT2D eigenvalue weighted by Gasteiger charge is 2.16. The van der Waals surface area contributed by atoms with Crippen molar-refractivity contribution in [3.8, 4) is 0 Å². The minimum Gasteiger partial charge on any atom is -0.290 e. The molecule has 4 nitrogen and oxygen atoms in total. The highest BCUT2D eigenvalue weighted by atomic mass is 35.5. The topological polar surface area (TPSA) is 34.0 Å². The second-order valence-corrected chi connectivity index (χ2v) is 5.53. The normalized spacial score (nSPS) is 12.8. The number of hydrogen-bond donors (Lipinski definition) is 0. The van der Waals surface area contributed by atoms with Gasteiger partial charge in [0, 0.05) is 44.8 Å². The first-order valence-corrected chi connectivity index (χ1v) is 7.29. The third-order valence-corrected chi connectivity index (χ3v) is 3.85. The molecule has 0 N–H and O–H groups in total. The van der Waals surface area contributed by atoms with E-state index in [0.29, 0.717) is 6.04 Å². The molecule has 1 atom stereocenters. The first kappa shape index (κ1) is 15.0. The molecule has 0 saturated heterocycles. The lowest BCUT2D eigenvalue weighted by Gasteiger charge is -2.27. The van der Waals surface area contributed by atoms with Crippen LogP contribution in [0, 0.1) is 0 Å². The van der Waals surface area contributed by atoms with Crippen molar-refractivity contribution in [1.82, 2.24) is 19.7 Å². The molecular weight excluding hydrogens is 272 g/mol. The summed E-state index contributed by atoms with van der Waals surface area (Å²) in [5.74, 6) is 0. The lowest BCUT2D eigenvalue weighted by atomic mass is 10.1. The van der Waals surface area contributed by atoms with Crippen molar-refractivity contribution in [3.63, 3.8) is 0 Å². The second-order valence-electron chi connectivity index (χ2n) is 5.12. The monoisotopic (exact) mass is 292 g/mol. The van der Waals surface area contributed by atoms with E-state index in [-0.39, 0.29) is 0 Å². The van der Waals surface area contributed by atoms with Crippen molar-refractivity contribution in [1.29, 1.82) is 0 Å². The van der Waals surface area contributed by atoms with Crippen molar-refractivity contribution < 1.29 is 0 Å². The SMILES string of the molecule is CCC(C)N(Cc1cccnc1)Cc1nn(C)cc1Cl. The van der Waals surface area contributed by atoms with Crippen LogP contribution in [0.25, 0.3) is 0 Å². The van der Waals surface area contributed by atoms with E-state index in [1.54, 1.807) is 10.9 Å². The molecule has 0 saturated carbocycles. The van der Waals surface area contributed by atoms with Gasteiger partial charge >= 0.3 is 0 Å². The molecule has 108 valence electrons. The molecule has 0 radical (unpaired) electrons. The van der Waals surface area contributed by atoms with Crippen molar-refractivity contribution in [2.45, 2.75) is 39.4 Å². The van der Waals surface area contributed by atoms with Crippen LogP contribution in [0.15, 0.2) is 30.7 Å². The van der Waals surface area contributed by atoms with Crippen LogP contribution in [0.4, 0.5) is 0 Å². The summed E-state index contributed by atoms with van der Waals surface area (Å²) in [5.41, 5.74) is 2.14. The standard InChI is InChI=1S/C15H21ClN4/c1-4-12(2)20(9-13-6-5-7-17-8-13)11-15-14(16)10-19(3)18-15/h5-8,10,12H,4,9,11H2,1-3H3. The predicted octanol–water partition coefficient (Wildman–Crippen LogP) is 3.27. The Kier molecular flexibility index (Phi) is 5.15. The Balaban J connectivity index is 2.14. The molecule has 0 spiro atoms. The average molecular weight is 293 g/mol. The molecule has 0 amide bonds. The van der Waals surface area contributed by atoms with Gasteiger partial charge in [-0.05, 0) is 25.0 Å². The van der Waals surface area contributed by atoms with Gasteiger partial charge in [-0.15, -0.1) is 0 Å². The molecular formula is C15H21ClN4. The fourth-order valence-corrected chi connectivity index (χ4v) is 2.40. The number of hydrogen-bond acceptors (Lipinski definition) is 3. The van der Waals surface area contributed by atoms with Crippen molar-refractivity contribution in [3.05, 3.63) is 47.0 Å². The summed E-state index contributed by atoms with van der Waals surface area (Å²) >= 11 is 6.22. The van der Waals surface area contributed by atoms with Gasteiger partial charge < -0.3 is 0 Å². The molecule has 0 aliphatic rings. The summed E-state index contributed by atoms with van der Waals surface area (Å²) in [4.78, 5) is 6.56. The molecule has 2 heterocycles. The smallest absolute Gasteiger partial charge is 0.0950 e. The third kappa shape index (κ3) is 3.81. The Labute approximate surface area is 125 Å². The van der Waals surface area contributed by atoms with Gasteiger partial charge in [0.05, 0.1) is 10.7 Å². The van der Waals surface area contributed by atoms with Crippen LogP contribution in [0.5, 0.6) is 0 Å². The summed E-state index contributed by atoms with van der Waals surface area (Å²) in [5, 5.41) is 5.16. The summed E-state index contributed by atoms with van der Waals surface area (Å²) in [7, 11) is 1.89. The van der Waals surface area contributed by atoms with Gasteiger partial charge in [-0.2, -0.15) is 5.10 Å². The van der Waals surface area contributed by atoms with Crippen LogP contribution in [-0.2, 0) is 20.1 Å². The van der Waals surface area contributed by atoms with E-state index < -0.39 is 0 Å². The number of aryl methyl sites for hydroxylation is 1. The molecule has 2 aromatic heterocycles. The van der Waals surface area contributed by atoms with E-state index in [1.807, 2.05) is 25.5 Å². The molecule has 5 heteroatoms.